The first-order chi connectivity index (χ1) is 17.1. The van der Waals surface area contributed by atoms with Crippen molar-refractivity contribution in [2.24, 2.45) is 0 Å². The standard InChI is InChI=1S/C27H36N2O6/c1-32-24-13-20(14-25(33-2)27(24)34-3)15-26(31)29-10-11-35-23-8-7-19(12-21(23)17-29)16-28-9-5-4-6-22(28)18-30/h7-8,12-14,22,30H,4-6,9-11,15-18H2,1-3H3. The van der Waals surface area contributed by atoms with E-state index in [0.29, 0.717) is 36.9 Å². The number of carbonyl (C=O) groups is 1. The van der Waals surface area contributed by atoms with Crippen molar-refractivity contribution in [3.8, 4) is 23.0 Å². The second-order valence-corrected chi connectivity index (χ2v) is 9.12. The molecule has 0 aliphatic carbocycles. The molecule has 35 heavy (non-hydrogen) atoms. The van der Waals surface area contributed by atoms with Crippen molar-refractivity contribution in [3.05, 3.63) is 47.0 Å². The van der Waals surface area contributed by atoms with E-state index in [2.05, 4.69) is 17.0 Å². The highest BCUT2D eigenvalue weighted by molar-refractivity contribution is 5.79. The number of aliphatic hydroxyl groups is 1. The maximum atomic E-state index is 13.3. The minimum absolute atomic E-state index is 0.0116. The van der Waals surface area contributed by atoms with Crippen LogP contribution >= 0.6 is 0 Å². The molecule has 4 rings (SSSR count). The van der Waals surface area contributed by atoms with Gasteiger partial charge in [-0.05, 0) is 54.8 Å². The number of hydrogen-bond acceptors (Lipinski definition) is 7. The predicted octanol–water partition coefficient (Wildman–Crippen LogP) is 3.02. The Morgan fingerprint density at radius 1 is 1.03 bits per heavy atom. The Hall–Kier alpha value is -2.97. The summed E-state index contributed by atoms with van der Waals surface area (Å²) in [4.78, 5) is 17.5. The molecule has 1 fully saturated rings. The van der Waals surface area contributed by atoms with E-state index in [4.69, 9.17) is 18.9 Å². The Morgan fingerprint density at radius 3 is 2.49 bits per heavy atom. The molecule has 8 heteroatoms. The molecule has 0 aromatic heterocycles. The Kier molecular flexibility index (Phi) is 8.36. The van der Waals surface area contributed by atoms with Gasteiger partial charge in [0.1, 0.15) is 12.4 Å². The van der Waals surface area contributed by atoms with Crippen molar-refractivity contribution in [1.29, 1.82) is 0 Å². The molecule has 190 valence electrons. The van der Waals surface area contributed by atoms with Crippen LogP contribution in [0.5, 0.6) is 23.0 Å². The molecule has 1 amide bonds. The van der Waals surface area contributed by atoms with E-state index >= 15 is 0 Å². The van der Waals surface area contributed by atoms with Gasteiger partial charge in [0.25, 0.3) is 0 Å². The first kappa shape index (κ1) is 25.1. The summed E-state index contributed by atoms with van der Waals surface area (Å²) >= 11 is 0. The topological polar surface area (TPSA) is 80.7 Å². The second kappa shape index (κ2) is 11.6. The van der Waals surface area contributed by atoms with Crippen LogP contribution in [0, 0.1) is 0 Å². The van der Waals surface area contributed by atoms with Gasteiger partial charge in [0.2, 0.25) is 11.7 Å². The fourth-order valence-electron chi connectivity index (χ4n) is 4.99. The van der Waals surface area contributed by atoms with Gasteiger partial charge in [0, 0.05) is 24.7 Å². The molecule has 0 saturated carbocycles. The molecule has 0 radical (unpaired) electrons. The van der Waals surface area contributed by atoms with Crippen molar-refractivity contribution >= 4 is 5.91 Å². The third kappa shape index (κ3) is 5.82. The first-order valence-corrected chi connectivity index (χ1v) is 12.2. The van der Waals surface area contributed by atoms with Crippen LogP contribution in [0.4, 0.5) is 0 Å². The maximum absolute atomic E-state index is 13.3. The molecule has 2 aliphatic rings. The summed E-state index contributed by atoms with van der Waals surface area (Å²) in [6.45, 7) is 3.45. The lowest BCUT2D eigenvalue weighted by Crippen LogP contribution is -2.41. The van der Waals surface area contributed by atoms with Crippen LogP contribution in [0.15, 0.2) is 30.3 Å². The van der Waals surface area contributed by atoms with Crippen molar-refractivity contribution in [2.45, 2.75) is 44.8 Å². The highest BCUT2D eigenvalue weighted by atomic mass is 16.5. The van der Waals surface area contributed by atoms with Crippen LogP contribution < -0.4 is 18.9 Å². The number of fused-ring (bicyclic) bond motifs is 1. The highest BCUT2D eigenvalue weighted by Gasteiger charge is 2.24. The molecule has 8 nitrogen and oxygen atoms in total. The van der Waals surface area contributed by atoms with Crippen molar-refractivity contribution in [3.63, 3.8) is 0 Å². The van der Waals surface area contributed by atoms with Crippen molar-refractivity contribution in [1.82, 2.24) is 9.80 Å². The number of hydrogen-bond donors (Lipinski definition) is 1. The van der Waals surface area contributed by atoms with Gasteiger partial charge in [0.15, 0.2) is 11.5 Å². The molecule has 0 bridgehead atoms. The Bertz CT molecular complexity index is 1000. The fraction of sp³-hybridized carbons (Fsp3) is 0.519. The van der Waals surface area contributed by atoms with Gasteiger partial charge in [-0.2, -0.15) is 0 Å². The van der Waals surface area contributed by atoms with E-state index in [1.807, 2.05) is 23.1 Å². The lowest BCUT2D eigenvalue weighted by Gasteiger charge is -2.34. The SMILES string of the molecule is COc1cc(CC(=O)N2CCOc3ccc(CN4CCCCC4CO)cc3C2)cc(OC)c1OC. The van der Waals surface area contributed by atoms with Gasteiger partial charge in [-0.3, -0.25) is 9.69 Å². The number of aliphatic hydroxyl groups excluding tert-OH is 1. The van der Waals surface area contributed by atoms with Gasteiger partial charge in [-0.1, -0.05) is 12.5 Å². The van der Waals surface area contributed by atoms with E-state index in [1.165, 1.54) is 12.0 Å². The molecule has 0 spiro atoms. The van der Waals surface area contributed by atoms with Gasteiger partial charge in [-0.25, -0.2) is 0 Å². The summed E-state index contributed by atoms with van der Waals surface area (Å²) in [7, 11) is 4.69. The molecule has 2 aromatic carbocycles. The third-order valence-corrected chi connectivity index (χ3v) is 6.88. The monoisotopic (exact) mass is 484 g/mol. The highest BCUT2D eigenvalue weighted by Crippen LogP contribution is 2.38. The zero-order valence-corrected chi connectivity index (χ0v) is 20.9. The molecular formula is C27H36N2O6. The summed E-state index contributed by atoms with van der Waals surface area (Å²) in [6.07, 6.45) is 3.59. The number of methoxy groups -OCH3 is 3. The number of carbonyl (C=O) groups excluding carboxylic acids is 1. The summed E-state index contributed by atoms with van der Waals surface area (Å²) in [5.41, 5.74) is 2.98. The summed E-state index contributed by atoms with van der Waals surface area (Å²) in [6, 6.07) is 10.1. The Morgan fingerprint density at radius 2 is 1.80 bits per heavy atom. The average molecular weight is 485 g/mol. The Balaban J connectivity index is 1.48. The van der Waals surface area contributed by atoms with Gasteiger partial charge in [-0.15, -0.1) is 0 Å². The molecule has 1 unspecified atom stereocenters. The quantitative estimate of drug-likeness (QED) is 0.617. The lowest BCUT2D eigenvalue weighted by atomic mass is 10.0. The number of benzene rings is 2. The van der Waals surface area contributed by atoms with E-state index in [1.54, 1.807) is 21.3 Å². The molecule has 2 aliphatic heterocycles. The molecule has 2 aromatic rings. The largest absolute Gasteiger partial charge is 0.493 e. The number of nitrogens with zero attached hydrogens (tertiary/aromatic N) is 2. The number of piperidine rings is 1. The van der Waals surface area contributed by atoms with E-state index in [9.17, 15) is 9.90 Å². The second-order valence-electron chi connectivity index (χ2n) is 9.12. The minimum atomic E-state index is 0.0116. The molecule has 1 N–H and O–H groups in total. The van der Waals surface area contributed by atoms with Gasteiger partial charge < -0.3 is 29.0 Å². The molecular weight excluding hydrogens is 448 g/mol. The number of ether oxygens (including phenoxy) is 4. The van der Waals surface area contributed by atoms with Crippen LogP contribution in [0.3, 0.4) is 0 Å². The molecule has 2 heterocycles. The maximum Gasteiger partial charge on any atom is 0.227 e. The number of likely N-dealkylation sites (tertiary alicyclic amines) is 1. The van der Waals surface area contributed by atoms with E-state index in [-0.39, 0.29) is 25.0 Å². The number of amides is 1. The smallest absolute Gasteiger partial charge is 0.227 e. The average Bonchev–Trinajstić information content (AvgIpc) is 3.10. The summed E-state index contributed by atoms with van der Waals surface area (Å²) < 4.78 is 22.2. The summed E-state index contributed by atoms with van der Waals surface area (Å²) in [5, 5.41) is 9.75. The van der Waals surface area contributed by atoms with Crippen LogP contribution in [0.25, 0.3) is 0 Å². The lowest BCUT2D eigenvalue weighted by molar-refractivity contribution is -0.131. The van der Waals surface area contributed by atoms with Gasteiger partial charge >= 0.3 is 0 Å². The van der Waals surface area contributed by atoms with Gasteiger partial charge in [0.05, 0.1) is 40.9 Å². The zero-order chi connectivity index (χ0) is 24.8. The van der Waals surface area contributed by atoms with E-state index in [0.717, 1.165) is 42.8 Å². The third-order valence-electron chi connectivity index (χ3n) is 6.88. The minimum Gasteiger partial charge on any atom is -0.493 e. The zero-order valence-electron chi connectivity index (χ0n) is 20.9. The van der Waals surface area contributed by atoms with Crippen LogP contribution in [-0.4, -0.2) is 74.5 Å². The molecule has 1 saturated heterocycles. The van der Waals surface area contributed by atoms with Crippen molar-refractivity contribution in [2.75, 3.05) is 47.6 Å². The normalized spacial score (nSPS) is 18.3. The number of rotatable bonds is 8. The first-order valence-electron chi connectivity index (χ1n) is 12.2. The fourth-order valence-corrected chi connectivity index (χ4v) is 4.99. The van der Waals surface area contributed by atoms with Crippen LogP contribution in [-0.2, 0) is 24.3 Å². The van der Waals surface area contributed by atoms with E-state index < -0.39 is 0 Å². The summed E-state index contributed by atoms with van der Waals surface area (Å²) in [5.74, 6) is 2.41. The van der Waals surface area contributed by atoms with Crippen LogP contribution in [0.2, 0.25) is 0 Å². The molecule has 1 atom stereocenters. The predicted molar refractivity (Wildman–Crippen MR) is 132 cm³/mol. The van der Waals surface area contributed by atoms with Crippen LogP contribution in [0.1, 0.15) is 36.0 Å². The van der Waals surface area contributed by atoms with Crippen molar-refractivity contribution < 1.29 is 28.8 Å². The Labute approximate surface area is 207 Å².